The number of halogens is 1. The number of hydrogen-bond donors (Lipinski definition) is 1. The van der Waals surface area contributed by atoms with E-state index < -0.39 is 0 Å². The van der Waals surface area contributed by atoms with Gasteiger partial charge in [0.1, 0.15) is 0 Å². The van der Waals surface area contributed by atoms with Gasteiger partial charge in [0, 0.05) is 10.5 Å². The normalized spacial score (nSPS) is 18.2. The highest BCUT2D eigenvalue weighted by molar-refractivity contribution is 9.10. The van der Waals surface area contributed by atoms with E-state index in [1.165, 1.54) is 53.3 Å². The zero-order valence-corrected chi connectivity index (χ0v) is 13.1. The summed E-state index contributed by atoms with van der Waals surface area (Å²) in [5, 5.41) is 0. The van der Waals surface area contributed by atoms with Gasteiger partial charge in [0.15, 0.2) is 0 Å². The van der Waals surface area contributed by atoms with Crippen LogP contribution in [0.3, 0.4) is 0 Å². The monoisotopic (exact) mass is 309 g/mol. The fourth-order valence-corrected chi connectivity index (χ4v) is 3.30. The predicted molar refractivity (Wildman–Crippen MR) is 81.7 cm³/mol. The summed E-state index contributed by atoms with van der Waals surface area (Å²) >= 11 is 3.61. The van der Waals surface area contributed by atoms with Crippen molar-refractivity contribution >= 4 is 15.9 Å². The Morgan fingerprint density at radius 1 is 1.22 bits per heavy atom. The van der Waals surface area contributed by atoms with Gasteiger partial charge in [0.05, 0.1) is 0 Å². The zero-order chi connectivity index (χ0) is 13.1. The van der Waals surface area contributed by atoms with E-state index in [9.17, 15) is 0 Å². The van der Waals surface area contributed by atoms with Gasteiger partial charge in [-0.15, -0.1) is 0 Å². The van der Waals surface area contributed by atoms with E-state index in [2.05, 4.69) is 41.9 Å². The standard InChI is InChI=1S/C16H24BrN/c1-11-9-14(10-12(2)16(11)17)15(18)8-7-13-5-3-4-6-13/h9-10,13,15H,3-8,18H2,1-2H3. The van der Waals surface area contributed by atoms with Gasteiger partial charge in [-0.3, -0.25) is 0 Å². The second-order valence-corrected chi connectivity index (χ2v) is 6.60. The molecule has 0 bridgehead atoms. The molecule has 1 aromatic rings. The highest BCUT2D eigenvalue weighted by atomic mass is 79.9. The van der Waals surface area contributed by atoms with Crippen LogP contribution < -0.4 is 5.73 Å². The van der Waals surface area contributed by atoms with Gasteiger partial charge in [-0.05, 0) is 49.3 Å². The minimum Gasteiger partial charge on any atom is -0.324 e. The first-order chi connectivity index (χ1) is 8.58. The first kappa shape index (κ1) is 14.1. The van der Waals surface area contributed by atoms with Crippen molar-refractivity contribution in [3.8, 4) is 0 Å². The van der Waals surface area contributed by atoms with E-state index in [-0.39, 0.29) is 6.04 Å². The number of aryl methyl sites for hydroxylation is 2. The highest BCUT2D eigenvalue weighted by Gasteiger charge is 2.17. The average Bonchev–Trinajstić information content (AvgIpc) is 2.85. The fraction of sp³-hybridized carbons (Fsp3) is 0.625. The minimum atomic E-state index is 0.205. The number of nitrogens with two attached hydrogens (primary N) is 1. The summed E-state index contributed by atoms with van der Waals surface area (Å²) in [5.74, 6) is 0.939. The second-order valence-electron chi connectivity index (χ2n) is 5.80. The number of hydrogen-bond acceptors (Lipinski definition) is 1. The van der Waals surface area contributed by atoms with Crippen LogP contribution in [0.25, 0.3) is 0 Å². The van der Waals surface area contributed by atoms with E-state index in [4.69, 9.17) is 5.73 Å². The molecule has 100 valence electrons. The molecule has 1 saturated carbocycles. The van der Waals surface area contributed by atoms with Gasteiger partial charge in [0.2, 0.25) is 0 Å². The maximum absolute atomic E-state index is 6.35. The Balaban J connectivity index is 1.97. The molecule has 2 rings (SSSR count). The Kier molecular flexibility index (Phi) is 4.85. The average molecular weight is 310 g/mol. The molecule has 2 heteroatoms. The Hall–Kier alpha value is -0.340. The fourth-order valence-electron chi connectivity index (χ4n) is 3.07. The topological polar surface area (TPSA) is 26.0 Å². The maximum atomic E-state index is 6.35. The summed E-state index contributed by atoms with van der Waals surface area (Å²) in [7, 11) is 0. The number of benzene rings is 1. The summed E-state index contributed by atoms with van der Waals surface area (Å²) in [4.78, 5) is 0. The first-order valence-corrected chi connectivity index (χ1v) is 7.89. The van der Waals surface area contributed by atoms with Crippen LogP contribution >= 0.6 is 15.9 Å². The van der Waals surface area contributed by atoms with Crippen LogP contribution in [0.1, 0.15) is 61.3 Å². The third-order valence-corrected chi connectivity index (χ3v) is 5.50. The van der Waals surface area contributed by atoms with Gasteiger partial charge >= 0.3 is 0 Å². The van der Waals surface area contributed by atoms with Crippen molar-refractivity contribution in [2.24, 2.45) is 11.7 Å². The minimum absolute atomic E-state index is 0.205. The molecule has 1 atom stereocenters. The molecule has 0 aliphatic heterocycles. The van der Waals surface area contributed by atoms with Crippen molar-refractivity contribution in [2.75, 3.05) is 0 Å². The van der Waals surface area contributed by atoms with Crippen LogP contribution in [0, 0.1) is 19.8 Å². The van der Waals surface area contributed by atoms with Crippen LogP contribution in [0.2, 0.25) is 0 Å². The number of rotatable bonds is 4. The lowest BCUT2D eigenvalue weighted by Gasteiger charge is -2.17. The molecule has 1 aliphatic rings. The molecule has 0 saturated heterocycles. The van der Waals surface area contributed by atoms with Gasteiger partial charge in [-0.25, -0.2) is 0 Å². The van der Waals surface area contributed by atoms with Crippen molar-refractivity contribution < 1.29 is 0 Å². The van der Waals surface area contributed by atoms with E-state index in [0.29, 0.717) is 0 Å². The van der Waals surface area contributed by atoms with Gasteiger partial charge in [-0.1, -0.05) is 53.7 Å². The van der Waals surface area contributed by atoms with Crippen molar-refractivity contribution in [2.45, 2.75) is 58.4 Å². The van der Waals surface area contributed by atoms with E-state index >= 15 is 0 Å². The molecule has 0 amide bonds. The lowest BCUT2D eigenvalue weighted by molar-refractivity contribution is 0.454. The molecule has 18 heavy (non-hydrogen) atoms. The quantitative estimate of drug-likeness (QED) is 0.828. The van der Waals surface area contributed by atoms with Crippen LogP contribution in [0.4, 0.5) is 0 Å². The molecule has 1 aliphatic carbocycles. The van der Waals surface area contributed by atoms with E-state index in [1.54, 1.807) is 0 Å². The van der Waals surface area contributed by atoms with Crippen molar-refractivity contribution in [1.29, 1.82) is 0 Å². The zero-order valence-electron chi connectivity index (χ0n) is 11.5. The lowest BCUT2D eigenvalue weighted by Crippen LogP contribution is -2.12. The molecule has 1 nitrogen and oxygen atoms in total. The van der Waals surface area contributed by atoms with Crippen LogP contribution in [0.5, 0.6) is 0 Å². The molecule has 0 heterocycles. The van der Waals surface area contributed by atoms with Crippen molar-refractivity contribution in [1.82, 2.24) is 0 Å². The van der Waals surface area contributed by atoms with Crippen molar-refractivity contribution in [3.05, 3.63) is 33.3 Å². The van der Waals surface area contributed by atoms with Gasteiger partial charge < -0.3 is 5.73 Å². The largest absolute Gasteiger partial charge is 0.324 e. The highest BCUT2D eigenvalue weighted by Crippen LogP contribution is 2.32. The molecule has 1 fully saturated rings. The first-order valence-electron chi connectivity index (χ1n) is 7.10. The summed E-state index contributed by atoms with van der Waals surface area (Å²) in [5.41, 5.74) is 10.2. The predicted octanol–water partition coefficient (Wildman–Crippen LogP) is 5.04. The molecule has 1 unspecified atom stereocenters. The van der Waals surface area contributed by atoms with E-state index in [1.807, 2.05) is 0 Å². The summed E-state index contributed by atoms with van der Waals surface area (Å²) < 4.78 is 1.22. The van der Waals surface area contributed by atoms with Gasteiger partial charge in [-0.2, -0.15) is 0 Å². The Morgan fingerprint density at radius 2 is 1.78 bits per heavy atom. The van der Waals surface area contributed by atoms with Gasteiger partial charge in [0.25, 0.3) is 0 Å². The summed E-state index contributed by atoms with van der Waals surface area (Å²) in [6, 6.07) is 4.67. The molecule has 2 N–H and O–H groups in total. The molecular formula is C16H24BrN. The summed E-state index contributed by atoms with van der Waals surface area (Å²) in [6.07, 6.45) is 8.13. The Bertz CT molecular complexity index is 385. The lowest BCUT2D eigenvalue weighted by atomic mass is 9.94. The van der Waals surface area contributed by atoms with E-state index in [0.717, 1.165) is 12.3 Å². The van der Waals surface area contributed by atoms with Crippen LogP contribution in [-0.4, -0.2) is 0 Å². The third kappa shape index (κ3) is 3.36. The van der Waals surface area contributed by atoms with Crippen molar-refractivity contribution in [3.63, 3.8) is 0 Å². The maximum Gasteiger partial charge on any atom is 0.0295 e. The summed E-state index contributed by atoms with van der Waals surface area (Å²) in [6.45, 7) is 4.29. The molecule has 0 radical (unpaired) electrons. The molecule has 0 spiro atoms. The Labute approximate surface area is 119 Å². The molecule has 1 aromatic carbocycles. The smallest absolute Gasteiger partial charge is 0.0295 e. The molecule has 0 aromatic heterocycles. The Morgan fingerprint density at radius 3 is 2.33 bits per heavy atom. The third-order valence-electron chi connectivity index (χ3n) is 4.25. The van der Waals surface area contributed by atoms with Crippen LogP contribution in [0.15, 0.2) is 16.6 Å². The SMILES string of the molecule is Cc1cc(C(N)CCC2CCCC2)cc(C)c1Br. The molecular weight excluding hydrogens is 286 g/mol. The second kappa shape index (κ2) is 6.21. The van der Waals surface area contributed by atoms with Crippen LogP contribution in [-0.2, 0) is 0 Å².